The van der Waals surface area contributed by atoms with Crippen molar-refractivity contribution in [1.29, 1.82) is 0 Å². The van der Waals surface area contributed by atoms with Gasteiger partial charge in [-0.05, 0) is 55.8 Å². The standard InChI is InChI=1S/C22H22F3N5O3/c1-12(13-8-14(22(23,24)25)10-15(9-13)30(31)32)21-28-19-3-2-17(11-18(19)20(26)29-21)33-16-4-6-27-7-5-16/h2-3,8-12,16,27H,4-7H2,1H3,(H2,26,28,29). The minimum Gasteiger partial charge on any atom is -0.490 e. The molecule has 1 atom stereocenters. The number of piperidine rings is 1. The Hall–Kier alpha value is -3.47. The number of anilines is 1. The molecule has 1 fully saturated rings. The molecule has 33 heavy (non-hydrogen) atoms. The van der Waals surface area contributed by atoms with Crippen LogP contribution in [0.1, 0.15) is 42.6 Å². The molecule has 8 nitrogen and oxygen atoms in total. The number of ether oxygens (including phenoxy) is 1. The topological polar surface area (TPSA) is 116 Å². The summed E-state index contributed by atoms with van der Waals surface area (Å²) in [6.45, 7) is 3.35. The molecule has 2 aromatic carbocycles. The molecule has 0 spiro atoms. The van der Waals surface area contributed by atoms with E-state index in [2.05, 4.69) is 15.3 Å². The monoisotopic (exact) mass is 461 g/mol. The number of hydrogen-bond acceptors (Lipinski definition) is 7. The third-order valence-electron chi connectivity index (χ3n) is 5.67. The number of alkyl halides is 3. The van der Waals surface area contributed by atoms with Gasteiger partial charge in [0.25, 0.3) is 5.69 Å². The molecule has 0 amide bonds. The molecule has 0 saturated carbocycles. The van der Waals surface area contributed by atoms with Crippen molar-refractivity contribution in [3.8, 4) is 5.75 Å². The Morgan fingerprint density at radius 2 is 1.91 bits per heavy atom. The Labute approximate surface area is 187 Å². The third kappa shape index (κ3) is 4.98. The molecule has 1 saturated heterocycles. The highest BCUT2D eigenvalue weighted by Crippen LogP contribution is 2.36. The van der Waals surface area contributed by atoms with Gasteiger partial charge in [0.1, 0.15) is 23.5 Å². The Morgan fingerprint density at radius 3 is 2.58 bits per heavy atom. The van der Waals surface area contributed by atoms with Crippen molar-refractivity contribution in [2.45, 2.75) is 38.0 Å². The molecule has 0 bridgehead atoms. The lowest BCUT2D eigenvalue weighted by Crippen LogP contribution is -2.34. The summed E-state index contributed by atoms with van der Waals surface area (Å²) >= 11 is 0. The minimum absolute atomic E-state index is 0.0705. The van der Waals surface area contributed by atoms with Crippen LogP contribution in [0.5, 0.6) is 5.75 Å². The third-order valence-corrected chi connectivity index (χ3v) is 5.67. The van der Waals surface area contributed by atoms with Gasteiger partial charge in [-0.15, -0.1) is 0 Å². The number of benzene rings is 2. The minimum atomic E-state index is -4.73. The van der Waals surface area contributed by atoms with E-state index in [0.29, 0.717) is 22.7 Å². The van der Waals surface area contributed by atoms with Crippen molar-refractivity contribution in [1.82, 2.24) is 15.3 Å². The SMILES string of the molecule is CC(c1cc([N+](=O)[O-])cc(C(F)(F)F)c1)c1nc(N)c2cc(OC3CCNCC3)ccc2n1. The number of nitrogens with zero attached hydrogens (tertiary/aromatic N) is 3. The van der Waals surface area contributed by atoms with Crippen molar-refractivity contribution >= 4 is 22.4 Å². The summed E-state index contributed by atoms with van der Waals surface area (Å²) in [5, 5.41) is 15.0. The van der Waals surface area contributed by atoms with Crippen LogP contribution in [0, 0.1) is 10.1 Å². The van der Waals surface area contributed by atoms with E-state index < -0.39 is 28.3 Å². The number of nitro groups is 1. The van der Waals surface area contributed by atoms with E-state index >= 15 is 0 Å². The Kier molecular flexibility index (Phi) is 6.07. The molecule has 2 heterocycles. The van der Waals surface area contributed by atoms with Gasteiger partial charge < -0.3 is 15.8 Å². The summed E-state index contributed by atoms with van der Waals surface area (Å²) in [5.74, 6) is 0.196. The number of rotatable bonds is 5. The molecule has 1 aromatic heterocycles. The highest BCUT2D eigenvalue weighted by molar-refractivity contribution is 5.89. The molecule has 1 aliphatic heterocycles. The van der Waals surface area contributed by atoms with Gasteiger partial charge in [-0.3, -0.25) is 10.1 Å². The predicted octanol–water partition coefficient (Wildman–Crippen LogP) is 4.42. The van der Waals surface area contributed by atoms with Crippen LogP contribution in [0.2, 0.25) is 0 Å². The van der Waals surface area contributed by atoms with E-state index in [-0.39, 0.29) is 23.3 Å². The molecule has 174 valence electrons. The van der Waals surface area contributed by atoms with Crippen molar-refractivity contribution in [3.05, 3.63) is 63.5 Å². The first-order valence-electron chi connectivity index (χ1n) is 10.4. The molecular weight excluding hydrogens is 439 g/mol. The highest BCUT2D eigenvalue weighted by Gasteiger charge is 2.33. The molecule has 11 heteroatoms. The number of hydrogen-bond donors (Lipinski definition) is 2. The summed E-state index contributed by atoms with van der Waals surface area (Å²) in [6, 6.07) is 7.71. The lowest BCUT2D eigenvalue weighted by molar-refractivity contribution is -0.385. The van der Waals surface area contributed by atoms with Gasteiger partial charge in [0, 0.05) is 23.4 Å². The van der Waals surface area contributed by atoms with Crippen LogP contribution in [0.15, 0.2) is 36.4 Å². The summed E-state index contributed by atoms with van der Waals surface area (Å²) in [4.78, 5) is 19.1. The predicted molar refractivity (Wildman–Crippen MR) is 116 cm³/mol. The second-order valence-electron chi connectivity index (χ2n) is 8.00. The van der Waals surface area contributed by atoms with Crippen molar-refractivity contribution in [3.63, 3.8) is 0 Å². The average Bonchev–Trinajstić information content (AvgIpc) is 2.78. The zero-order valence-electron chi connectivity index (χ0n) is 17.7. The Balaban J connectivity index is 1.67. The lowest BCUT2D eigenvalue weighted by atomic mass is 9.97. The fourth-order valence-corrected chi connectivity index (χ4v) is 3.83. The fourth-order valence-electron chi connectivity index (χ4n) is 3.83. The number of nitrogens with one attached hydrogen (secondary N) is 1. The average molecular weight is 461 g/mol. The van der Waals surface area contributed by atoms with Gasteiger partial charge in [0.05, 0.1) is 16.0 Å². The van der Waals surface area contributed by atoms with E-state index in [1.54, 1.807) is 25.1 Å². The number of fused-ring (bicyclic) bond motifs is 1. The quantitative estimate of drug-likeness (QED) is 0.427. The van der Waals surface area contributed by atoms with Gasteiger partial charge in [-0.25, -0.2) is 9.97 Å². The van der Waals surface area contributed by atoms with Crippen LogP contribution >= 0.6 is 0 Å². The number of nitro benzene ring substituents is 1. The largest absolute Gasteiger partial charge is 0.490 e. The van der Waals surface area contributed by atoms with E-state index in [4.69, 9.17) is 10.5 Å². The molecule has 1 aliphatic rings. The fraction of sp³-hybridized carbons (Fsp3) is 0.364. The van der Waals surface area contributed by atoms with Crippen LogP contribution in [0.3, 0.4) is 0 Å². The zero-order valence-corrected chi connectivity index (χ0v) is 17.7. The van der Waals surface area contributed by atoms with Crippen molar-refractivity contribution < 1.29 is 22.8 Å². The molecule has 4 rings (SSSR count). The first-order valence-corrected chi connectivity index (χ1v) is 10.4. The Morgan fingerprint density at radius 1 is 1.18 bits per heavy atom. The number of aromatic nitrogens is 2. The van der Waals surface area contributed by atoms with E-state index in [1.807, 2.05) is 0 Å². The lowest BCUT2D eigenvalue weighted by Gasteiger charge is -2.24. The molecule has 0 radical (unpaired) electrons. The van der Waals surface area contributed by atoms with E-state index in [9.17, 15) is 23.3 Å². The second kappa shape index (κ2) is 8.81. The van der Waals surface area contributed by atoms with Crippen LogP contribution in [0.25, 0.3) is 10.9 Å². The molecular formula is C22H22F3N5O3. The zero-order chi connectivity index (χ0) is 23.8. The maximum atomic E-state index is 13.3. The molecule has 3 N–H and O–H groups in total. The molecule has 0 aliphatic carbocycles. The summed E-state index contributed by atoms with van der Waals surface area (Å²) in [6.07, 6.45) is -2.84. The summed E-state index contributed by atoms with van der Waals surface area (Å²) in [5.41, 5.74) is 4.96. The number of halogens is 3. The van der Waals surface area contributed by atoms with Gasteiger partial charge >= 0.3 is 6.18 Å². The molecule has 3 aromatic rings. The van der Waals surface area contributed by atoms with E-state index in [1.165, 1.54) is 0 Å². The first kappa shape index (κ1) is 22.7. The van der Waals surface area contributed by atoms with Gasteiger partial charge in [-0.2, -0.15) is 13.2 Å². The van der Waals surface area contributed by atoms with Gasteiger partial charge in [0.2, 0.25) is 0 Å². The van der Waals surface area contributed by atoms with Crippen molar-refractivity contribution in [2.24, 2.45) is 0 Å². The number of nitrogen functional groups attached to an aromatic ring is 1. The van der Waals surface area contributed by atoms with Crippen LogP contribution in [0.4, 0.5) is 24.7 Å². The summed E-state index contributed by atoms with van der Waals surface area (Å²) in [7, 11) is 0. The first-order chi connectivity index (χ1) is 15.6. The van der Waals surface area contributed by atoms with Crippen LogP contribution < -0.4 is 15.8 Å². The van der Waals surface area contributed by atoms with Gasteiger partial charge in [-0.1, -0.05) is 6.92 Å². The highest BCUT2D eigenvalue weighted by atomic mass is 19.4. The number of non-ortho nitro benzene ring substituents is 1. The number of nitrogens with two attached hydrogens (primary N) is 1. The maximum absolute atomic E-state index is 13.3. The summed E-state index contributed by atoms with van der Waals surface area (Å²) < 4.78 is 45.8. The van der Waals surface area contributed by atoms with Crippen LogP contribution in [-0.2, 0) is 6.18 Å². The molecule has 1 unspecified atom stereocenters. The normalized spacial score (nSPS) is 16.0. The maximum Gasteiger partial charge on any atom is 0.416 e. The van der Waals surface area contributed by atoms with Crippen molar-refractivity contribution in [2.75, 3.05) is 18.8 Å². The smallest absolute Gasteiger partial charge is 0.416 e. The van der Waals surface area contributed by atoms with E-state index in [0.717, 1.165) is 38.1 Å². The van der Waals surface area contributed by atoms with Crippen LogP contribution in [-0.4, -0.2) is 34.1 Å². The second-order valence-corrected chi connectivity index (χ2v) is 8.00. The van der Waals surface area contributed by atoms with Gasteiger partial charge in [0.15, 0.2) is 0 Å². The Bertz CT molecular complexity index is 1200.